The minimum Gasteiger partial charge on any atom is -0.494 e. The number of hydrogen-bond donors (Lipinski definition) is 1. The summed E-state index contributed by atoms with van der Waals surface area (Å²) in [6.45, 7) is 0.407. The van der Waals surface area contributed by atoms with Gasteiger partial charge in [0.25, 0.3) is 0 Å². The summed E-state index contributed by atoms with van der Waals surface area (Å²) in [5, 5.41) is 9.75. The van der Waals surface area contributed by atoms with Crippen LogP contribution in [0.1, 0.15) is 24.0 Å². The minimum absolute atomic E-state index is 0.407. The predicted molar refractivity (Wildman–Crippen MR) is 80.6 cm³/mol. The molecule has 0 saturated heterocycles. The van der Waals surface area contributed by atoms with E-state index in [9.17, 15) is 9.90 Å². The fourth-order valence-corrected chi connectivity index (χ4v) is 3.14. The van der Waals surface area contributed by atoms with Crippen LogP contribution in [0.25, 0.3) is 0 Å². The van der Waals surface area contributed by atoms with Crippen molar-refractivity contribution in [1.29, 1.82) is 0 Å². The van der Waals surface area contributed by atoms with Crippen molar-refractivity contribution >= 4 is 5.97 Å². The number of carbonyl (C=O) groups is 1. The number of para-hydroxylation sites is 1. The van der Waals surface area contributed by atoms with Gasteiger partial charge in [0.15, 0.2) is 0 Å². The van der Waals surface area contributed by atoms with Gasteiger partial charge >= 0.3 is 5.97 Å². The van der Waals surface area contributed by atoms with E-state index in [0.29, 0.717) is 19.4 Å². The maximum atomic E-state index is 11.9. The molecule has 1 aliphatic rings. The Bertz CT molecular complexity index is 636. The number of hydrogen-bond acceptors (Lipinski definition) is 2. The number of rotatable bonds is 5. The van der Waals surface area contributed by atoms with Gasteiger partial charge < -0.3 is 9.84 Å². The van der Waals surface area contributed by atoms with Gasteiger partial charge in [0, 0.05) is 6.42 Å². The molecular weight excluding hydrogens is 264 g/mol. The first-order valence-corrected chi connectivity index (χ1v) is 7.22. The molecule has 2 aromatic carbocycles. The van der Waals surface area contributed by atoms with E-state index in [-0.39, 0.29) is 0 Å². The molecular formula is C18H18O3. The largest absolute Gasteiger partial charge is 0.494 e. The van der Waals surface area contributed by atoms with E-state index in [1.807, 2.05) is 54.6 Å². The number of carboxylic acids is 1. The standard InChI is InChI=1S/C18H18O3/c19-17(20)18(11-10-14-6-4-5-9-16(14)18)12-13-21-15-7-2-1-3-8-15/h1-9H,10-13H2,(H,19,20). The van der Waals surface area contributed by atoms with Crippen molar-refractivity contribution in [3.8, 4) is 5.75 Å². The Morgan fingerprint density at radius 2 is 1.81 bits per heavy atom. The van der Waals surface area contributed by atoms with Crippen LogP contribution in [0.2, 0.25) is 0 Å². The van der Waals surface area contributed by atoms with E-state index < -0.39 is 11.4 Å². The summed E-state index contributed by atoms with van der Waals surface area (Å²) in [6.07, 6.45) is 1.97. The fraction of sp³-hybridized carbons (Fsp3) is 0.278. The number of benzene rings is 2. The van der Waals surface area contributed by atoms with Crippen LogP contribution in [0.3, 0.4) is 0 Å². The van der Waals surface area contributed by atoms with E-state index in [2.05, 4.69) is 0 Å². The summed E-state index contributed by atoms with van der Waals surface area (Å²) < 4.78 is 5.69. The summed E-state index contributed by atoms with van der Waals surface area (Å²) in [6, 6.07) is 17.4. The van der Waals surface area contributed by atoms with Crippen LogP contribution in [0, 0.1) is 0 Å². The van der Waals surface area contributed by atoms with E-state index in [4.69, 9.17) is 4.74 Å². The number of aliphatic carboxylic acids is 1. The Kier molecular flexibility index (Phi) is 3.65. The second-order valence-corrected chi connectivity index (χ2v) is 5.46. The number of fused-ring (bicyclic) bond motifs is 1. The number of ether oxygens (including phenoxy) is 1. The third-order valence-electron chi connectivity index (χ3n) is 4.30. The first kappa shape index (κ1) is 13.7. The summed E-state index contributed by atoms with van der Waals surface area (Å²) in [5.41, 5.74) is 1.31. The molecule has 0 aliphatic heterocycles. The van der Waals surface area contributed by atoms with Gasteiger partial charge in [-0.3, -0.25) is 4.79 Å². The van der Waals surface area contributed by atoms with E-state index in [1.54, 1.807) is 0 Å². The Morgan fingerprint density at radius 3 is 2.57 bits per heavy atom. The molecule has 0 aromatic heterocycles. The van der Waals surface area contributed by atoms with Crippen LogP contribution in [0.15, 0.2) is 54.6 Å². The molecule has 0 amide bonds. The second-order valence-electron chi connectivity index (χ2n) is 5.46. The quantitative estimate of drug-likeness (QED) is 0.914. The average Bonchev–Trinajstić information content (AvgIpc) is 2.89. The maximum absolute atomic E-state index is 11.9. The van der Waals surface area contributed by atoms with Crippen molar-refractivity contribution in [2.24, 2.45) is 0 Å². The lowest BCUT2D eigenvalue weighted by Crippen LogP contribution is -2.35. The third-order valence-corrected chi connectivity index (χ3v) is 4.30. The molecule has 0 heterocycles. The van der Waals surface area contributed by atoms with Gasteiger partial charge in [-0.15, -0.1) is 0 Å². The Hall–Kier alpha value is -2.29. The van der Waals surface area contributed by atoms with Gasteiger partial charge in [-0.05, 0) is 36.1 Å². The Morgan fingerprint density at radius 1 is 1.10 bits per heavy atom. The maximum Gasteiger partial charge on any atom is 0.314 e. The molecule has 1 N–H and O–H groups in total. The Balaban J connectivity index is 1.76. The van der Waals surface area contributed by atoms with Gasteiger partial charge in [0.05, 0.1) is 12.0 Å². The molecule has 108 valence electrons. The Labute approximate surface area is 124 Å². The molecule has 3 rings (SSSR count). The molecule has 1 atom stereocenters. The molecule has 1 unspecified atom stereocenters. The third kappa shape index (κ3) is 2.51. The highest BCUT2D eigenvalue weighted by atomic mass is 16.5. The van der Waals surface area contributed by atoms with Gasteiger partial charge in [-0.25, -0.2) is 0 Å². The van der Waals surface area contributed by atoms with Gasteiger partial charge in [-0.1, -0.05) is 42.5 Å². The summed E-state index contributed by atoms with van der Waals surface area (Å²) in [7, 11) is 0. The summed E-state index contributed by atoms with van der Waals surface area (Å²) in [4.78, 5) is 11.9. The van der Waals surface area contributed by atoms with Crippen molar-refractivity contribution in [3.05, 3.63) is 65.7 Å². The van der Waals surface area contributed by atoms with Crippen molar-refractivity contribution in [1.82, 2.24) is 0 Å². The van der Waals surface area contributed by atoms with Crippen LogP contribution in [0.4, 0.5) is 0 Å². The molecule has 0 fully saturated rings. The molecule has 3 heteroatoms. The zero-order valence-corrected chi connectivity index (χ0v) is 11.8. The van der Waals surface area contributed by atoms with Crippen molar-refractivity contribution in [3.63, 3.8) is 0 Å². The second kappa shape index (κ2) is 5.60. The lowest BCUT2D eigenvalue weighted by Gasteiger charge is -2.25. The smallest absolute Gasteiger partial charge is 0.314 e. The molecule has 2 aromatic rings. The highest BCUT2D eigenvalue weighted by Crippen LogP contribution is 2.41. The van der Waals surface area contributed by atoms with Crippen molar-refractivity contribution in [2.75, 3.05) is 6.61 Å². The number of aryl methyl sites for hydroxylation is 1. The van der Waals surface area contributed by atoms with Crippen LogP contribution in [-0.2, 0) is 16.6 Å². The van der Waals surface area contributed by atoms with E-state index in [1.165, 1.54) is 0 Å². The zero-order valence-electron chi connectivity index (χ0n) is 11.8. The van der Waals surface area contributed by atoms with Gasteiger partial charge in [0.2, 0.25) is 0 Å². The first-order chi connectivity index (χ1) is 10.2. The number of carboxylic acid groups (broad SMARTS) is 1. The molecule has 0 saturated carbocycles. The molecule has 0 spiro atoms. The van der Waals surface area contributed by atoms with Crippen molar-refractivity contribution < 1.29 is 14.6 Å². The SMILES string of the molecule is O=C(O)C1(CCOc2ccccc2)CCc2ccccc21. The highest BCUT2D eigenvalue weighted by Gasteiger charge is 2.45. The highest BCUT2D eigenvalue weighted by molar-refractivity contribution is 5.83. The van der Waals surface area contributed by atoms with Crippen LogP contribution in [-0.4, -0.2) is 17.7 Å². The van der Waals surface area contributed by atoms with Crippen LogP contribution >= 0.6 is 0 Å². The first-order valence-electron chi connectivity index (χ1n) is 7.22. The zero-order chi connectivity index (χ0) is 14.7. The summed E-state index contributed by atoms with van der Waals surface area (Å²) >= 11 is 0. The van der Waals surface area contributed by atoms with Crippen molar-refractivity contribution in [2.45, 2.75) is 24.7 Å². The van der Waals surface area contributed by atoms with E-state index in [0.717, 1.165) is 23.3 Å². The van der Waals surface area contributed by atoms with E-state index >= 15 is 0 Å². The normalized spacial score (nSPS) is 20.0. The fourth-order valence-electron chi connectivity index (χ4n) is 3.14. The van der Waals surface area contributed by atoms with Gasteiger partial charge in [0.1, 0.15) is 5.75 Å². The van der Waals surface area contributed by atoms with Gasteiger partial charge in [-0.2, -0.15) is 0 Å². The topological polar surface area (TPSA) is 46.5 Å². The molecule has 0 radical (unpaired) electrons. The predicted octanol–water partition coefficient (Wildman–Crippen LogP) is 3.42. The molecule has 0 bridgehead atoms. The lowest BCUT2D eigenvalue weighted by atomic mass is 9.79. The summed E-state index contributed by atoms with van der Waals surface area (Å²) in [5.74, 6) is 0.0356. The minimum atomic E-state index is -0.800. The lowest BCUT2D eigenvalue weighted by molar-refractivity contribution is -0.144. The van der Waals surface area contributed by atoms with Crippen LogP contribution in [0.5, 0.6) is 5.75 Å². The molecule has 3 nitrogen and oxygen atoms in total. The van der Waals surface area contributed by atoms with Crippen LogP contribution < -0.4 is 4.74 Å². The average molecular weight is 282 g/mol. The molecule has 21 heavy (non-hydrogen) atoms. The monoisotopic (exact) mass is 282 g/mol. The molecule has 1 aliphatic carbocycles.